The summed E-state index contributed by atoms with van der Waals surface area (Å²) in [7, 11) is 1.65. The van der Waals surface area contributed by atoms with Gasteiger partial charge in [0, 0.05) is 18.9 Å². The highest BCUT2D eigenvalue weighted by molar-refractivity contribution is 5.99. The van der Waals surface area contributed by atoms with E-state index in [9.17, 15) is 4.79 Å². The van der Waals surface area contributed by atoms with Gasteiger partial charge in [0.25, 0.3) is 0 Å². The van der Waals surface area contributed by atoms with Gasteiger partial charge in [-0.3, -0.25) is 4.79 Å². The van der Waals surface area contributed by atoms with Gasteiger partial charge in [-0.1, -0.05) is 17.7 Å². The van der Waals surface area contributed by atoms with Crippen LogP contribution in [0.15, 0.2) is 35.9 Å². The predicted molar refractivity (Wildman–Crippen MR) is 65.2 cm³/mol. The number of carbonyl (C=O) groups excluding carboxylic acids is 1. The number of ether oxygens (including phenoxy) is 1. The van der Waals surface area contributed by atoms with Crippen molar-refractivity contribution in [1.29, 1.82) is 0 Å². The Balaban J connectivity index is 2.70. The molecule has 1 N–H and O–H groups in total. The number of allylic oxidation sites excluding steroid dienone is 1. The Morgan fingerprint density at radius 3 is 2.81 bits per heavy atom. The van der Waals surface area contributed by atoms with E-state index in [4.69, 9.17) is 4.74 Å². The van der Waals surface area contributed by atoms with Crippen molar-refractivity contribution in [3.05, 3.63) is 41.5 Å². The molecule has 3 nitrogen and oxygen atoms in total. The van der Waals surface area contributed by atoms with E-state index >= 15 is 0 Å². The fourth-order valence-electron chi connectivity index (χ4n) is 1.35. The lowest BCUT2D eigenvalue weighted by atomic mass is 10.2. The van der Waals surface area contributed by atoms with Crippen LogP contribution in [0.2, 0.25) is 0 Å². The first kappa shape index (κ1) is 12.5. The molecule has 1 rings (SSSR count). The van der Waals surface area contributed by atoms with Crippen LogP contribution in [0.3, 0.4) is 0 Å². The minimum Gasteiger partial charge on any atom is -0.380 e. The van der Waals surface area contributed by atoms with Crippen molar-refractivity contribution in [1.82, 2.24) is 0 Å². The Bertz CT molecular complexity index is 393. The van der Waals surface area contributed by atoms with Crippen molar-refractivity contribution >= 4 is 11.6 Å². The summed E-state index contributed by atoms with van der Waals surface area (Å²) in [5.41, 5.74) is 2.81. The van der Waals surface area contributed by atoms with Crippen molar-refractivity contribution in [2.75, 3.05) is 12.4 Å². The van der Waals surface area contributed by atoms with Crippen LogP contribution >= 0.6 is 0 Å². The average Bonchev–Trinajstić information content (AvgIpc) is 2.17. The topological polar surface area (TPSA) is 38.3 Å². The summed E-state index contributed by atoms with van der Waals surface area (Å²) in [6.07, 6.45) is 1.57. The third-order valence-corrected chi connectivity index (χ3v) is 1.93. The van der Waals surface area contributed by atoms with Gasteiger partial charge < -0.3 is 10.1 Å². The van der Waals surface area contributed by atoms with Crippen LogP contribution in [-0.2, 0) is 16.1 Å². The summed E-state index contributed by atoms with van der Waals surface area (Å²) in [4.78, 5) is 11.5. The van der Waals surface area contributed by atoms with Crippen molar-refractivity contribution in [2.45, 2.75) is 20.5 Å². The van der Waals surface area contributed by atoms with Gasteiger partial charge in [-0.25, -0.2) is 0 Å². The lowest BCUT2D eigenvalue weighted by molar-refractivity contribution is -0.111. The number of anilines is 1. The van der Waals surface area contributed by atoms with E-state index < -0.39 is 0 Å². The lowest BCUT2D eigenvalue weighted by Crippen LogP contribution is -2.08. The zero-order chi connectivity index (χ0) is 12.0. The van der Waals surface area contributed by atoms with Crippen molar-refractivity contribution in [3.63, 3.8) is 0 Å². The van der Waals surface area contributed by atoms with Gasteiger partial charge in [-0.2, -0.15) is 0 Å². The van der Waals surface area contributed by atoms with Gasteiger partial charge in [0.05, 0.1) is 6.61 Å². The first-order valence-corrected chi connectivity index (χ1v) is 5.15. The molecule has 1 amide bonds. The lowest BCUT2D eigenvalue weighted by Gasteiger charge is -2.05. The molecule has 0 fully saturated rings. The van der Waals surface area contributed by atoms with E-state index in [2.05, 4.69) is 5.32 Å². The number of carbonyl (C=O) groups is 1. The molecule has 0 aliphatic rings. The van der Waals surface area contributed by atoms with E-state index in [1.807, 2.05) is 38.1 Å². The molecular formula is C13H17NO2. The molecule has 16 heavy (non-hydrogen) atoms. The Hall–Kier alpha value is -1.61. The van der Waals surface area contributed by atoms with Gasteiger partial charge in [0.1, 0.15) is 0 Å². The fourth-order valence-corrected chi connectivity index (χ4v) is 1.35. The van der Waals surface area contributed by atoms with Crippen molar-refractivity contribution < 1.29 is 9.53 Å². The molecule has 86 valence electrons. The molecule has 3 heteroatoms. The Morgan fingerprint density at radius 2 is 2.19 bits per heavy atom. The van der Waals surface area contributed by atoms with Crippen molar-refractivity contribution in [2.24, 2.45) is 0 Å². The first-order chi connectivity index (χ1) is 7.61. The number of hydrogen-bond acceptors (Lipinski definition) is 2. The summed E-state index contributed by atoms with van der Waals surface area (Å²) in [5.74, 6) is -0.102. The second-order valence-electron chi connectivity index (χ2n) is 3.84. The SMILES string of the molecule is COCc1cccc(NC(=O)C=C(C)C)c1. The normalized spacial score (nSPS) is 9.69. The largest absolute Gasteiger partial charge is 0.380 e. The van der Waals surface area contributed by atoms with Crippen LogP contribution in [0.4, 0.5) is 5.69 Å². The number of hydrogen-bond donors (Lipinski definition) is 1. The van der Waals surface area contributed by atoms with Gasteiger partial charge in [-0.05, 0) is 31.5 Å². The first-order valence-electron chi connectivity index (χ1n) is 5.15. The maximum absolute atomic E-state index is 11.5. The molecule has 0 saturated heterocycles. The van der Waals surface area contributed by atoms with E-state index in [0.29, 0.717) is 6.61 Å². The van der Waals surface area contributed by atoms with Crippen LogP contribution in [-0.4, -0.2) is 13.0 Å². The fraction of sp³-hybridized carbons (Fsp3) is 0.308. The monoisotopic (exact) mass is 219 g/mol. The van der Waals surface area contributed by atoms with Gasteiger partial charge >= 0.3 is 0 Å². The van der Waals surface area contributed by atoms with E-state index in [-0.39, 0.29) is 5.91 Å². The minimum absolute atomic E-state index is 0.102. The summed E-state index contributed by atoms with van der Waals surface area (Å²) in [5, 5.41) is 2.80. The summed E-state index contributed by atoms with van der Waals surface area (Å²) < 4.78 is 5.03. The highest BCUT2D eigenvalue weighted by Crippen LogP contribution is 2.11. The molecule has 1 aromatic carbocycles. The smallest absolute Gasteiger partial charge is 0.248 e. The molecule has 1 aromatic rings. The third kappa shape index (κ3) is 4.28. The molecule has 0 aromatic heterocycles. The molecule has 0 saturated carbocycles. The molecule has 0 bridgehead atoms. The standard InChI is InChI=1S/C13H17NO2/c1-10(2)7-13(15)14-12-6-4-5-11(8-12)9-16-3/h4-8H,9H2,1-3H3,(H,14,15). The average molecular weight is 219 g/mol. The molecule has 0 heterocycles. The molecule has 0 spiro atoms. The minimum atomic E-state index is -0.102. The number of amides is 1. The zero-order valence-corrected chi connectivity index (χ0v) is 9.91. The highest BCUT2D eigenvalue weighted by Gasteiger charge is 1.99. The second kappa shape index (κ2) is 6.08. The molecule has 0 aliphatic heterocycles. The molecular weight excluding hydrogens is 202 g/mol. The molecule has 0 aliphatic carbocycles. The molecule has 0 atom stereocenters. The van der Waals surface area contributed by atoms with Crippen LogP contribution in [0.1, 0.15) is 19.4 Å². The van der Waals surface area contributed by atoms with Crippen LogP contribution in [0.25, 0.3) is 0 Å². The molecule has 0 radical (unpaired) electrons. The number of methoxy groups -OCH3 is 1. The zero-order valence-electron chi connectivity index (χ0n) is 9.91. The third-order valence-electron chi connectivity index (χ3n) is 1.93. The van der Waals surface area contributed by atoms with Crippen LogP contribution in [0.5, 0.6) is 0 Å². The number of benzene rings is 1. The number of nitrogens with one attached hydrogen (secondary N) is 1. The van der Waals surface area contributed by atoms with Gasteiger partial charge in [0.15, 0.2) is 0 Å². The maximum Gasteiger partial charge on any atom is 0.248 e. The van der Waals surface area contributed by atoms with Crippen LogP contribution < -0.4 is 5.32 Å². The maximum atomic E-state index is 11.5. The quantitative estimate of drug-likeness (QED) is 0.791. The van der Waals surface area contributed by atoms with Crippen molar-refractivity contribution in [3.8, 4) is 0 Å². The Kier molecular flexibility index (Phi) is 4.73. The van der Waals surface area contributed by atoms with E-state index in [0.717, 1.165) is 16.8 Å². The van der Waals surface area contributed by atoms with E-state index in [1.54, 1.807) is 13.2 Å². The predicted octanol–water partition coefficient (Wildman–Crippen LogP) is 2.74. The van der Waals surface area contributed by atoms with Crippen LogP contribution in [0, 0.1) is 0 Å². The Morgan fingerprint density at radius 1 is 1.44 bits per heavy atom. The highest BCUT2D eigenvalue weighted by atomic mass is 16.5. The van der Waals surface area contributed by atoms with E-state index in [1.165, 1.54) is 0 Å². The van der Waals surface area contributed by atoms with Gasteiger partial charge in [0.2, 0.25) is 5.91 Å². The summed E-state index contributed by atoms with van der Waals surface area (Å²) >= 11 is 0. The summed E-state index contributed by atoms with van der Waals surface area (Å²) in [6.45, 7) is 4.33. The van der Waals surface area contributed by atoms with Gasteiger partial charge in [-0.15, -0.1) is 0 Å². The Labute approximate surface area is 96.1 Å². The summed E-state index contributed by atoms with van der Waals surface area (Å²) in [6, 6.07) is 7.61. The molecule has 0 unspecified atom stereocenters. The number of rotatable bonds is 4. The second-order valence-corrected chi connectivity index (χ2v) is 3.84.